The van der Waals surface area contributed by atoms with Crippen LogP contribution in [0.2, 0.25) is 0 Å². The van der Waals surface area contributed by atoms with Crippen molar-refractivity contribution in [3.63, 3.8) is 0 Å². The second kappa shape index (κ2) is 3.06. The van der Waals surface area contributed by atoms with Gasteiger partial charge < -0.3 is 5.11 Å². The summed E-state index contributed by atoms with van der Waals surface area (Å²) in [6.45, 7) is 0. The summed E-state index contributed by atoms with van der Waals surface area (Å²) in [4.78, 5) is 21.6. The zero-order chi connectivity index (χ0) is 10.1. The number of benzene rings is 1. The number of ketones is 1. The molecule has 0 aromatic heterocycles. The van der Waals surface area contributed by atoms with Crippen LogP contribution in [0.1, 0.15) is 11.1 Å². The third-order valence-corrected chi connectivity index (χ3v) is 2.20. The highest BCUT2D eigenvalue weighted by Crippen LogP contribution is 2.27. The average Bonchev–Trinajstić information content (AvgIpc) is 2.18. The first-order chi connectivity index (χ1) is 6.74. The van der Waals surface area contributed by atoms with Gasteiger partial charge in [-0.05, 0) is 10.7 Å². The van der Waals surface area contributed by atoms with Crippen LogP contribution in [0.4, 0.5) is 0 Å². The van der Waals surface area contributed by atoms with Gasteiger partial charge in [-0.2, -0.15) is 0 Å². The zero-order valence-corrected chi connectivity index (χ0v) is 7.23. The second-order valence-electron chi connectivity index (χ2n) is 3.05. The molecule has 0 amide bonds. The molecular formula is C10H7NO3. The molecule has 70 valence electrons. The largest absolute Gasteiger partial charge is 0.505 e. The molecule has 0 spiro atoms. The number of carbonyl (C=O) groups excluding carboxylic acids is 1. The van der Waals surface area contributed by atoms with Crippen LogP contribution in [-0.4, -0.2) is 10.9 Å². The molecule has 0 fully saturated rings. The van der Waals surface area contributed by atoms with Gasteiger partial charge in [0.1, 0.15) is 0 Å². The van der Waals surface area contributed by atoms with Gasteiger partial charge in [0.25, 0.3) is 0 Å². The van der Waals surface area contributed by atoms with E-state index >= 15 is 0 Å². The molecule has 0 unspecified atom stereocenters. The normalized spacial score (nSPS) is 15.3. The van der Waals surface area contributed by atoms with Gasteiger partial charge in [0.05, 0.1) is 0 Å². The summed E-state index contributed by atoms with van der Waals surface area (Å²) in [7, 11) is 0. The number of carbonyl (C=O) groups is 1. The van der Waals surface area contributed by atoms with Crippen molar-refractivity contribution >= 4 is 11.5 Å². The van der Waals surface area contributed by atoms with Crippen molar-refractivity contribution in [2.45, 2.75) is 6.42 Å². The van der Waals surface area contributed by atoms with E-state index in [1.54, 1.807) is 24.3 Å². The van der Waals surface area contributed by atoms with Crippen molar-refractivity contribution < 1.29 is 9.90 Å². The molecule has 0 atom stereocenters. The Kier molecular flexibility index (Phi) is 1.89. The van der Waals surface area contributed by atoms with E-state index in [0.717, 1.165) is 5.56 Å². The Morgan fingerprint density at radius 1 is 1.29 bits per heavy atom. The number of allylic oxidation sites excluding steroid dienone is 1. The Balaban J connectivity index is 2.67. The number of aliphatic hydroxyl groups is 1. The summed E-state index contributed by atoms with van der Waals surface area (Å²) in [5.74, 6) is -0.747. The Hall–Kier alpha value is -1.97. The molecule has 1 N–H and O–H groups in total. The van der Waals surface area contributed by atoms with Gasteiger partial charge >= 0.3 is 0 Å². The number of Topliss-reactive ketones (excluding diaryl/α,β-unsaturated/α-hetero) is 1. The summed E-state index contributed by atoms with van der Waals surface area (Å²) < 4.78 is 0. The molecule has 0 bridgehead atoms. The number of fused-ring (bicyclic) bond motifs is 1. The van der Waals surface area contributed by atoms with E-state index in [1.807, 2.05) is 0 Å². The number of hydrogen-bond acceptors (Lipinski definition) is 4. The molecule has 0 saturated heterocycles. The minimum absolute atomic E-state index is 0.126. The molecule has 14 heavy (non-hydrogen) atoms. The molecule has 1 aliphatic rings. The summed E-state index contributed by atoms with van der Waals surface area (Å²) in [5, 5.41) is 12.1. The Morgan fingerprint density at radius 3 is 2.71 bits per heavy atom. The van der Waals surface area contributed by atoms with Crippen LogP contribution in [0.3, 0.4) is 0 Å². The highest BCUT2D eigenvalue weighted by molar-refractivity contribution is 6.05. The lowest BCUT2D eigenvalue weighted by atomic mass is 9.93. The van der Waals surface area contributed by atoms with Gasteiger partial charge in [-0.1, -0.05) is 24.3 Å². The van der Waals surface area contributed by atoms with Crippen LogP contribution in [0.5, 0.6) is 0 Å². The van der Waals surface area contributed by atoms with Crippen LogP contribution in [0, 0.1) is 4.91 Å². The number of nitroso groups, excluding NO2 is 1. The summed E-state index contributed by atoms with van der Waals surface area (Å²) >= 11 is 0. The van der Waals surface area contributed by atoms with Gasteiger partial charge in [0.15, 0.2) is 17.2 Å². The van der Waals surface area contributed by atoms with E-state index in [9.17, 15) is 14.8 Å². The third-order valence-electron chi connectivity index (χ3n) is 2.20. The van der Waals surface area contributed by atoms with Crippen molar-refractivity contribution in [3.05, 3.63) is 46.0 Å². The second-order valence-corrected chi connectivity index (χ2v) is 3.05. The Labute approximate surface area is 79.8 Å². The SMILES string of the molecule is O=NC1=C(O)c2ccccc2CC1=O. The molecular weight excluding hydrogens is 182 g/mol. The first kappa shape index (κ1) is 8.62. The maximum Gasteiger partial charge on any atom is 0.193 e. The molecule has 0 saturated carbocycles. The molecule has 0 aliphatic heterocycles. The van der Waals surface area contributed by atoms with Gasteiger partial charge in [0, 0.05) is 12.0 Å². The summed E-state index contributed by atoms with van der Waals surface area (Å²) in [6.07, 6.45) is 0.126. The quantitative estimate of drug-likeness (QED) is 0.685. The van der Waals surface area contributed by atoms with E-state index in [-0.39, 0.29) is 17.9 Å². The third kappa shape index (κ3) is 1.12. The smallest absolute Gasteiger partial charge is 0.193 e. The summed E-state index contributed by atoms with van der Waals surface area (Å²) in [6, 6.07) is 6.90. The minimum atomic E-state index is -0.434. The fraction of sp³-hybridized carbons (Fsp3) is 0.100. The molecule has 1 aromatic carbocycles. The van der Waals surface area contributed by atoms with E-state index in [4.69, 9.17) is 0 Å². The standard InChI is InChI=1S/C10H7NO3/c12-8-5-6-3-1-2-4-7(6)10(13)9(8)11-14/h1-4,13H,5H2. The Bertz CT molecular complexity index is 448. The van der Waals surface area contributed by atoms with E-state index in [1.165, 1.54) is 0 Å². The minimum Gasteiger partial charge on any atom is -0.505 e. The van der Waals surface area contributed by atoms with Crippen LogP contribution in [-0.2, 0) is 11.2 Å². The van der Waals surface area contributed by atoms with Gasteiger partial charge in [-0.25, -0.2) is 0 Å². The van der Waals surface area contributed by atoms with Gasteiger partial charge in [-0.3, -0.25) is 4.79 Å². The fourth-order valence-electron chi connectivity index (χ4n) is 1.52. The molecule has 0 radical (unpaired) electrons. The highest BCUT2D eigenvalue weighted by Gasteiger charge is 2.25. The summed E-state index contributed by atoms with van der Waals surface area (Å²) in [5.41, 5.74) is 0.868. The van der Waals surface area contributed by atoms with Gasteiger partial charge in [-0.15, -0.1) is 4.91 Å². The van der Waals surface area contributed by atoms with Crippen LogP contribution >= 0.6 is 0 Å². The predicted octanol–water partition coefficient (Wildman–Crippen LogP) is 1.80. The molecule has 2 rings (SSSR count). The van der Waals surface area contributed by atoms with E-state index < -0.39 is 5.78 Å². The maximum absolute atomic E-state index is 11.3. The molecule has 1 aliphatic carbocycles. The van der Waals surface area contributed by atoms with Crippen molar-refractivity contribution in [2.75, 3.05) is 0 Å². The molecule has 4 heteroatoms. The van der Waals surface area contributed by atoms with Crippen molar-refractivity contribution in [3.8, 4) is 0 Å². The number of aliphatic hydroxyl groups excluding tert-OH is 1. The first-order valence-corrected chi connectivity index (χ1v) is 4.12. The topological polar surface area (TPSA) is 66.7 Å². The lowest BCUT2D eigenvalue weighted by Crippen LogP contribution is -2.14. The van der Waals surface area contributed by atoms with Crippen LogP contribution in [0.15, 0.2) is 35.1 Å². The van der Waals surface area contributed by atoms with Gasteiger partial charge in [0.2, 0.25) is 0 Å². The van der Waals surface area contributed by atoms with Crippen molar-refractivity contribution in [1.29, 1.82) is 0 Å². The average molecular weight is 189 g/mol. The monoisotopic (exact) mass is 189 g/mol. The zero-order valence-electron chi connectivity index (χ0n) is 7.23. The van der Waals surface area contributed by atoms with Crippen LogP contribution < -0.4 is 0 Å². The highest BCUT2D eigenvalue weighted by atomic mass is 16.3. The van der Waals surface area contributed by atoms with Crippen molar-refractivity contribution in [1.82, 2.24) is 0 Å². The molecule has 4 nitrogen and oxygen atoms in total. The van der Waals surface area contributed by atoms with Crippen LogP contribution in [0.25, 0.3) is 5.76 Å². The molecule has 1 aromatic rings. The first-order valence-electron chi connectivity index (χ1n) is 4.12. The van der Waals surface area contributed by atoms with E-state index in [2.05, 4.69) is 5.18 Å². The van der Waals surface area contributed by atoms with Crippen molar-refractivity contribution in [2.24, 2.45) is 5.18 Å². The van der Waals surface area contributed by atoms with E-state index in [0.29, 0.717) is 5.56 Å². The Morgan fingerprint density at radius 2 is 2.00 bits per heavy atom. The lowest BCUT2D eigenvalue weighted by Gasteiger charge is -2.13. The number of hydrogen-bond donors (Lipinski definition) is 1. The lowest BCUT2D eigenvalue weighted by molar-refractivity contribution is -0.115. The maximum atomic E-state index is 11.3. The number of rotatable bonds is 1. The predicted molar refractivity (Wildman–Crippen MR) is 50.5 cm³/mol. The fourth-order valence-corrected chi connectivity index (χ4v) is 1.52. The molecule has 0 heterocycles. The number of nitrogens with zero attached hydrogens (tertiary/aromatic N) is 1.